The molecule has 0 bridgehead atoms. The van der Waals surface area contributed by atoms with E-state index in [9.17, 15) is 4.79 Å². The Labute approximate surface area is 108 Å². The molecule has 0 radical (unpaired) electrons. The Bertz CT molecular complexity index is 444. The van der Waals surface area contributed by atoms with Crippen molar-refractivity contribution >= 4 is 5.91 Å². The van der Waals surface area contributed by atoms with Crippen LogP contribution in [0.4, 0.5) is 0 Å². The van der Waals surface area contributed by atoms with E-state index in [0.29, 0.717) is 6.42 Å². The summed E-state index contributed by atoms with van der Waals surface area (Å²) in [6, 6.07) is 3.32. The van der Waals surface area contributed by atoms with Crippen LogP contribution in [0.2, 0.25) is 0 Å². The lowest BCUT2D eigenvalue weighted by Gasteiger charge is -2.19. The number of hydrazine groups is 1. The second-order valence-electron chi connectivity index (χ2n) is 4.52. The van der Waals surface area contributed by atoms with Crippen LogP contribution in [0.3, 0.4) is 0 Å². The van der Waals surface area contributed by atoms with Gasteiger partial charge in [-0.1, -0.05) is 6.07 Å². The van der Waals surface area contributed by atoms with Crippen molar-refractivity contribution in [3.05, 3.63) is 28.8 Å². The summed E-state index contributed by atoms with van der Waals surface area (Å²) in [4.78, 5) is 11.7. The topological polar surface area (TPSA) is 81.6 Å². The highest BCUT2D eigenvalue weighted by molar-refractivity contribution is 5.81. The number of hydrogen-bond acceptors (Lipinski definition) is 4. The lowest BCUT2D eigenvalue weighted by molar-refractivity contribution is -0.131. The van der Waals surface area contributed by atoms with E-state index in [1.54, 1.807) is 7.11 Å². The maximum atomic E-state index is 11.7. The number of nitrogens with zero attached hydrogens (tertiary/aromatic N) is 1. The predicted octanol–water partition coefficient (Wildman–Crippen LogP) is 0.514. The maximum Gasteiger partial charge on any atom is 0.253 e. The summed E-state index contributed by atoms with van der Waals surface area (Å²) in [5, 5.41) is 1.01. The Morgan fingerprint density at radius 3 is 2.56 bits per heavy atom. The molecule has 0 aliphatic rings. The van der Waals surface area contributed by atoms with Crippen molar-refractivity contribution in [1.82, 2.24) is 5.01 Å². The Morgan fingerprint density at radius 1 is 1.44 bits per heavy atom. The zero-order chi connectivity index (χ0) is 13.9. The fourth-order valence-corrected chi connectivity index (χ4v) is 1.97. The Hall–Kier alpha value is -1.59. The highest BCUT2D eigenvalue weighted by atomic mass is 16.5. The summed E-state index contributed by atoms with van der Waals surface area (Å²) in [6.07, 6.45) is 0.412. The smallest absolute Gasteiger partial charge is 0.253 e. The summed E-state index contributed by atoms with van der Waals surface area (Å²) < 4.78 is 5.34. The summed E-state index contributed by atoms with van der Waals surface area (Å²) >= 11 is 0. The van der Waals surface area contributed by atoms with Crippen LogP contribution in [-0.4, -0.2) is 31.1 Å². The molecule has 0 aliphatic carbocycles. The van der Waals surface area contributed by atoms with E-state index in [2.05, 4.69) is 0 Å². The van der Waals surface area contributed by atoms with Gasteiger partial charge < -0.3 is 10.5 Å². The summed E-state index contributed by atoms with van der Waals surface area (Å²) in [7, 11) is 3.10. The van der Waals surface area contributed by atoms with Crippen molar-refractivity contribution in [2.24, 2.45) is 11.6 Å². The molecule has 18 heavy (non-hydrogen) atoms. The highest BCUT2D eigenvalue weighted by Gasteiger charge is 2.19. The van der Waals surface area contributed by atoms with Crippen molar-refractivity contribution in [2.45, 2.75) is 26.3 Å². The normalized spacial score (nSPS) is 12.1. The third kappa shape index (κ3) is 3.21. The molecule has 1 aromatic rings. The number of aryl methyl sites for hydroxylation is 2. The van der Waals surface area contributed by atoms with Crippen molar-refractivity contribution < 1.29 is 9.53 Å². The maximum absolute atomic E-state index is 11.7. The van der Waals surface area contributed by atoms with Crippen molar-refractivity contribution in [3.63, 3.8) is 0 Å². The molecule has 1 atom stereocenters. The lowest BCUT2D eigenvalue weighted by Crippen LogP contribution is -2.46. The number of benzene rings is 1. The van der Waals surface area contributed by atoms with Gasteiger partial charge in [-0.05, 0) is 36.6 Å². The fourth-order valence-electron chi connectivity index (χ4n) is 1.97. The average molecular weight is 251 g/mol. The predicted molar refractivity (Wildman–Crippen MR) is 71.1 cm³/mol. The first kappa shape index (κ1) is 14.5. The van der Waals surface area contributed by atoms with Crippen molar-refractivity contribution in [3.8, 4) is 5.75 Å². The van der Waals surface area contributed by atoms with Gasteiger partial charge in [0.15, 0.2) is 0 Å². The standard InChI is InChI=1S/C13H21N3O2/c1-8-5-9(2)10(12(6-8)18-4)7-11(14)13(17)16(3)15/h5-6,11H,7,14-15H2,1-4H3. The summed E-state index contributed by atoms with van der Waals surface area (Å²) in [5.41, 5.74) is 8.98. The average Bonchev–Trinajstić information content (AvgIpc) is 2.30. The largest absolute Gasteiger partial charge is 0.496 e. The van der Waals surface area contributed by atoms with Gasteiger partial charge in [-0.25, -0.2) is 5.84 Å². The van der Waals surface area contributed by atoms with E-state index in [1.807, 2.05) is 26.0 Å². The Kier molecular flexibility index (Phi) is 4.69. The molecule has 0 spiro atoms. The van der Waals surface area contributed by atoms with E-state index in [-0.39, 0.29) is 5.91 Å². The molecule has 1 unspecified atom stereocenters. The van der Waals surface area contributed by atoms with Gasteiger partial charge in [0.05, 0.1) is 13.2 Å². The van der Waals surface area contributed by atoms with Crippen LogP contribution in [0.5, 0.6) is 5.75 Å². The number of hydrogen-bond donors (Lipinski definition) is 2. The molecule has 0 saturated carbocycles. The van der Waals surface area contributed by atoms with E-state index in [0.717, 1.165) is 27.4 Å². The third-order valence-electron chi connectivity index (χ3n) is 2.89. The second-order valence-corrected chi connectivity index (χ2v) is 4.52. The van der Waals surface area contributed by atoms with Crippen LogP contribution in [0.1, 0.15) is 16.7 Å². The summed E-state index contributed by atoms with van der Waals surface area (Å²) in [6.45, 7) is 3.98. The SMILES string of the molecule is COc1cc(C)cc(C)c1CC(N)C(=O)N(C)N. The number of rotatable bonds is 4. The third-order valence-corrected chi connectivity index (χ3v) is 2.89. The monoisotopic (exact) mass is 251 g/mol. The molecular weight excluding hydrogens is 230 g/mol. The van der Waals surface area contributed by atoms with Crippen LogP contribution in [0.15, 0.2) is 12.1 Å². The number of ether oxygens (including phenoxy) is 1. The molecule has 5 nitrogen and oxygen atoms in total. The summed E-state index contributed by atoms with van der Waals surface area (Å²) in [5.74, 6) is 5.86. The second kappa shape index (κ2) is 5.84. The van der Waals surface area contributed by atoms with Gasteiger partial charge in [-0.2, -0.15) is 0 Å². The van der Waals surface area contributed by atoms with Gasteiger partial charge in [-0.3, -0.25) is 9.80 Å². The van der Waals surface area contributed by atoms with Crippen molar-refractivity contribution in [1.29, 1.82) is 0 Å². The molecule has 1 aromatic carbocycles. The number of nitrogens with two attached hydrogens (primary N) is 2. The molecule has 0 fully saturated rings. The zero-order valence-electron chi connectivity index (χ0n) is 11.4. The van der Waals surface area contributed by atoms with Crippen LogP contribution >= 0.6 is 0 Å². The highest BCUT2D eigenvalue weighted by Crippen LogP contribution is 2.25. The van der Waals surface area contributed by atoms with E-state index in [4.69, 9.17) is 16.3 Å². The van der Waals surface area contributed by atoms with Crippen LogP contribution in [0, 0.1) is 13.8 Å². The van der Waals surface area contributed by atoms with Gasteiger partial charge >= 0.3 is 0 Å². The molecular formula is C13H21N3O2. The first-order valence-corrected chi connectivity index (χ1v) is 5.78. The molecule has 5 heteroatoms. The first-order chi connectivity index (χ1) is 8.36. The number of methoxy groups -OCH3 is 1. The van der Waals surface area contributed by atoms with Crippen molar-refractivity contribution in [2.75, 3.05) is 14.2 Å². The minimum absolute atomic E-state index is 0.294. The van der Waals surface area contributed by atoms with Crippen LogP contribution in [-0.2, 0) is 11.2 Å². The van der Waals surface area contributed by atoms with E-state index in [1.165, 1.54) is 7.05 Å². The molecule has 0 aromatic heterocycles. The molecule has 100 valence electrons. The quantitative estimate of drug-likeness (QED) is 0.464. The lowest BCUT2D eigenvalue weighted by atomic mass is 9.98. The van der Waals surface area contributed by atoms with Gasteiger partial charge in [0.25, 0.3) is 5.91 Å². The molecule has 1 amide bonds. The Balaban J connectivity index is 3.00. The molecule has 0 heterocycles. The minimum Gasteiger partial charge on any atom is -0.496 e. The molecule has 1 rings (SSSR count). The number of carbonyl (C=O) groups excluding carboxylic acids is 1. The van der Waals surface area contributed by atoms with E-state index >= 15 is 0 Å². The molecule has 0 aliphatic heterocycles. The first-order valence-electron chi connectivity index (χ1n) is 5.78. The fraction of sp³-hybridized carbons (Fsp3) is 0.462. The van der Waals surface area contributed by atoms with Crippen LogP contribution < -0.4 is 16.3 Å². The van der Waals surface area contributed by atoms with Gasteiger partial charge in [0.2, 0.25) is 0 Å². The number of carbonyl (C=O) groups is 1. The van der Waals surface area contributed by atoms with Gasteiger partial charge in [0.1, 0.15) is 5.75 Å². The number of likely N-dealkylation sites (N-methyl/N-ethyl adjacent to an activating group) is 1. The van der Waals surface area contributed by atoms with Gasteiger partial charge in [-0.15, -0.1) is 0 Å². The Morgan fingerprint density at radius 2 is 2.06 bits per heavy atom. The zero-order valence-corrected chi connectivity index (χ0v) is 11.4. The minimum atomic E-state index is -0.657. The number of amides is 1. The van der Waals surface area contributed by atoms with E-state index < -0.39 is 6.04 Å². The molecule has 0 saturated heterocycles. The van der Waals surface area contributed by atoms with Gasteiger partial charge in [0, 0.05) is 13.5 Å². The molecule has 4 N–H and O–H groups in total. The van der Waals surface area contributed by atoms with Crippen LogP contribution in [0.25, 0.3) is 0 Å².